The fourth-order valence-corrected chi connectivity index (χ4v) is 4.70. The van der Waals surface area contributed by atoms with Crippen LogP contribution in [0.15, 0.2) is 48.5 Å². The maximum absolute atomic E-state index is 13.2. The van der Waals surface area contributed by atoms with Crippen LogP contribution in [0.5, 0.6) is 0 Å². The van der Waals surface area contributed by atoms with E-state index >= 15 is 0 Å². The summed E-state index contributed by atoms with van der Waals surface area (Å²) < 4.78 is 10.7. The number of fused-ring (bicyclic) bond motifs is 3. The van der Waals surface area contributed by atoms with Crippen molar-refractivity contribution in [3.63, 3.8) is 0 Å². The van der Waals surface area contributed by atoms with Crippen molar-refractivity contribution >= 4 is 18.0 Å². The van der Waals surface area contributed by atoms with Gasteiger partial charge in [-0.05, 0) is 53.9 Å². The summed E-state index contributed by atoms with van der Waals surface area (Å²) in [6, 6.07) is 15.3. The molecule has 2 aliphatic carbocycles. The molecule has 2 aromatic carbocycles. The van der Waals surface area contributed by atoms with Crippen LogP contribution in [0.3, 0.4) is 0 Å². The summed E-state index contributed by atoms with van der Waals surface area (Å²) in [6.07, 6.45) is 2.15. The van der Waals surface area contributed by atoms with Crippen molar-refractivity contribution in [3.05, 3.63) is 59.7 Å². The first-order valence-corrected chi connectivity index (χ1v) is 12.1. The predicted octanol–water partition coefficient (Wildman–Crippen LogP) is 3.64. The second kappa shape index (κ2) is 11.4. The minimum absolute atomic E-state index is 0.0887. The molecule has 2 aliphatic rings. The van der Waals surface area contributed by atoms with E-state index in [9.17, 15) is 19.5 Å². The first-order chi connectivity index (χ1) is 17.0. The van der Waals surface area contributed by atoms with Crippen molar-refractivity contribution in [2.45, 2.75) is 37.6 Å². The van der Waals surface area contributed by atoms with Crippen LogP contribution >= 0.6 is 0 Å². The van der Waals surface area contributed by atoms with Gasteiger partial charge in [-0.1, -0.05) is 48.5 Å². The summed E-state index contributed by atoms with van der Waals surface area (Å²) in [7, 11) is 1.57. The van der Waals surface area contributed by atoms with Gasteiger partial charge in [0.2, 0.25) is 5.91 Å². The fourth-order valence-electron chi connectivity index (χ4n) is 4.70. The molecule has 0 radical (unpaired) electrons. The number of benzene rings is 2. The Labute approximate surface area is 205 Å². The molecule has 0 aliphatic heterocycles. The van der Waals surface area contributed by atoms with E-state index in [2.05, 4.69) is 17.4 Å². The SMILES string of the molecule is COCCCC(NC(=O)OCC1c2ccccc2-c2ccccc21)C(=O)N(CC(=O)O)CC1CC1. The third kappa shape index (κ3) is 6.19. The lowest BCUT2D eigenvalue weighted by molar-refractivity contribution is -0.145. The van der Waals surface area contributed by atoms with Gasteiger partial charge in [-0.2, -0.15) is 0 Å². The van der Waals surface area contributed by atoms with Crippen LogP contribution in [0.1, 0.15) is 42.7 Å². The van der Waals surface area contributed by atoms with Crippen LogP contribution in [0.25, 0.3) is 11.1 Å². The van der Waals surface area contributed by atoms with Gasteiger partial charge in [0.15, 0.2) is 0 Å². The Kier molecular flexibility index (Phi) is 8.02. The van der Waals surface area contributed by atoms with Gasteiger partial charge in [0.25, 0.3) is 0 Å². The molecule has 186 valence electrons. The van der Waals surface area contributed by atoms with Crippen molar-refractivity contribution in [1.82, 2.24) is 10.2 Å². The number of hydrogen-bond donors (Lipinski definition) is 2. The van der Waals surface area contributed by atoms with Crippen molar-refractivity contribution in [3.8, 4) is 11.1 Å². The highest BCUT2D eigenvalue weighted by molar-refractivity contribution is 5.88. The van der Waals surface area contributed by atoms with Gasteiger partial charge in [-0.3, -0.25) is 9.59 Å². The Morgan fingerprint density at radius 2 is 1.69 bits per heavy atom. The van der Waals surface area contributed by atoms with Crippen LogP contribution < -0.4 is 5.32 Å². The van der Waals surface area contributed by atoms with Crippen LogP contribution in [0, 0.1) is 5.92 Å². The number of hydrogen-bond acceptors (Lipinski definition) is 5. The molecule has 1 saturated carbocycles. The molecule has 8 heteroatoms. The number of aliphatic carboxylic acids is 1. The molecule has 4 rings (SSSR count). The molecule has 1 unspecified atom stereocenters. The second-order valence-corrected chi connectivity index (χ2v) is 9.21. The van der Waals surface area contributed by atoms with Gasteiger partial charge in [0, 0.05) is 26.2 Å². The fraction of sp³-hybridized carbons (Fsp3) is 0.444. The highest BCUT2D eigenvalue weighted by atomic mass is 16.5. The van der Waals surface area contributed by atoms with E-state index in [1.807, 2.05) is 36.4 Å². The molecule has 1 atom stereocenters. The predicted molar refractivity (Wildman–Crippen MR) is 130 cm³/mol. The largest absolute Gasteiger partial charge is 0.480 e. The number of carbonyl (C=O) groups excluding carboxylic acids is 2. The molecular weight excluding hydrogens is 448 g/mol. The Bertz CT molecular complexity index is 1020. The average molecular weight is 481 g/mol. The number of methoxy groups -OCH3 is 1. The minimum Gasteiger partial charge on any atom is -0.480 e. The molecule has 2 aromatic rings. The Balaban J connectivity index is 1.42. The minimum atomic E-state index is -1.07. The van der Waals surface area contributed by atoms with Gasteiger partial charge in [-0.15, -0.1) is 0 Å². The third-order valence-corrected chi connectivity index (χ3v) is 6.59. The number of rotatable bonds is 12. The standard InChI is InChI=1S/C27H32N2O6/c1-34-14-6-11-24(26(32)29(16-25(30)31)15-18-12-13-18)28-27(33)35-17-23-21-9-4-2-7-19(21)20-8-3-5-10-22(20)23/h2-5,7-10,18,23-24H,6,11-17H2,1H3,(H,28,33)(H,30,31). The van der Waals surface area contributed by atoms with Crippen LogP contribution in [0.4, 0.5) is 4.79 Å². The average Bonchev–Trinajstić information content (AvgIpc) is 3.61. The first kappa shape index (κ1) is 24.7. The molecule has 2 amide bonds. The molecule has 0 saturated heterocycles. The zero-order valence-corrected chi connectivity index (χ0v) is 19.9. The van der Waals surface area contributed by atoms with E-state index < -0.39 is 24.0 Å². The Morgan fingerprint density at radius 1 is 1.06 bits per heavy atom. The first-order valence-electron chi connectivity index (χ1n) is 12.1. The Morgan fingerprint density at radius 3 is 2.26 bits per heavy atom. The van der Waals surface area contributed by atoms with Crippen molar-refractivity contribution in [2.75, 3.05) is 33.4 Å². The quantitative estimate of drug-likeness (QED) is 0.450. The monoisotopic (exact) mass is 480 g/mol. The number of carbonyl (C=O) groups is 3. The number of carboxylic acids is 1. The van der Waals surface area contributed by atoms with Crippen molar-refractivity contribution < 1.29 is 29.0 Å². The molecule has 2 N–H and O–H groups in total. The van der Waals surface area contributed by atoms with Gasteiger partial charge >= 0.3 is 12.1 Å². The number of carboxylic acid groups (broad SMARTS) is 1. The summed E-state index contributed by atoms with van der Waals surface area (Å²) in [6.45, 7) is 0.568. The molecule has 0 heterocycles. The van der Waals surface area contributed by atoms with Gasteiger partial charge in [0.1, 0.15) is 19.2 Å². The molecule has 0 aromatic heterocycles. The summed E-state index contributed by atoms with van der Waals surface area (Å²) in [5.74, 6) is -1.23. The normalized spacial score (nSPS) is 15.1. The van der Waals surface area contributed by atoms with Gasteiger partial charge in [-0.25, -0.2) is 4.79 Å². The highest BCUT2D eigenvalue weighted by Crippen LogP contribution is 2.44. The smallest absolute Gasteiger partial charge is 0.407 e. The van der Waals surface area contributed by atoms with E-state index in [1.54, 1.807) is 7.11 Å². The maximum atomic E-state index is 13.2. The van der Waals surface area contributed by atoms with Gasteiger partial charge in [0.05, 0.1) is 0 Å². The van der Waals surface area contributed by atoms with Crippen molar-refractivity contribution in [2.24, 2.45) is 5.92 Å². The van der Waals surface area contributed by atoms with E-state index in [0.717, 1.165) is 35.1 Å². The molecule has 0 bridgehead atoms. The van der Waals surface area contributed by atoms with E-state index in [0.29, 0.717) is 31.9 Å². The summed E-state index contributed by atoms with van der Waals surface area (Å²) in [4.78, 5) is 38.7. The number of nitrogens with zero attached hydrogens (tertiary/aromatic N) is 1. The lowest BCUT2D eigenvalue weighted by atomic mass is 9.98. The summed E-state index contributed by atoms with van der Waals surface area (Å²) in [5, 5.41) is 12.0. The number of ether oxygens (including phenoxy) is 2. The van der Waals surface area contributed by atoms with E-state index in [1.165, 1.54) is 4.90 Å². The zero-order chi connectivity index (χ0) is 24.8. The molecule has 8 nitrogen and oxygen atoms in total. The number of alkyl carbamates (subject to hydrolysis) is 1. The Hall–Kier alpha value is -3.39. The van der Waals surface area contributed by atoms with Crippen LogP contribution in [-0.2, 0) is 19.1 Å². The summed E-state index contributed by atoms with van der Waals surface area (Å²) in [5.41, 5.74) is 4.47. The lowest BCUT2D eigenvalue weighted by Crippen LogP contribution is -2.50. The molecule has 1 fully saturated rings. The van der Waals surface area contributed by atoms with E-state index in [-0.39, 0.29) is 19.1 Å². The molecule has 35 heavy (non-hydrogen) atoms. The molecular formula is C27H32N2O6. The van der Waals surface area contributed by atoms with E-state index in [4.69, 9.17) is 9.47 Å². The van der Waals surface area contributed by atoms with Crippen LogP contribution in [0.2, 0.25) is 0 Å². The van der Waals surface area contributed by atoms with Crippen molar-refractivity contribution in [1.29, 1.82) is 0 Å². The highest BCUT2D eigenvalue weighted by Gasteiger charge is 2.33. The molecule has 0 spiro atoms. The van der Waals surface area contributed by atoms with Gasteiger partial charge < -0.3 is 24.8 Å². The maximum Gasteiger partial charge on any atom is 0.407 e. The zero-order valence-electron chi connectivity index (χ0n) is 19.9. The van der Waals surface area contributed by atoms with Crippen LogP contribution in [-0.4, -0.2) is 67.4 Å². The summed E-state index contributed by atoms with van der Waals surface area (Å²) >= 11 is 0. The lowest BCUT2D eigenvalue weighted by Gasteiger charge is -2.27. The topological polar surface area (TPSA) is 105 Å². The third-order valence-electron chi connectivity index (χ3n) is 6.59. The second-order valence-electron chi connectivity index (χ2n) is 9.21. The number of nitrogens with one attached hydrogen (secondary N) is 1. The number of amides is 2.